The van der Waals surface area contributed by atoms with Gasteiger partial charge in [-0.3, -0.25) is 4.79 Å². The van der Waals surface area contributed by atoms with Gasteiger partial charge < -0.3 is 25.1 Å². The molecule has 2 aromatic rings. The molecule has 1 atom stereocenters. The highest BCUT2D eigenvalue weighted by atomic mass is 16.5. The molecule has 1 aliphatic rings. The van der Waals surface area contributed by atoms with E-state index < -0.39 is 0 Å². The molecule has 7 heteroatoms. The number of hydrogen-bond acceptors (Lipinski definition) is 5. The molecule has 0 bridgehead atoms. The van der Waals surface area contributed by atoms with Crippen LogP contribution >= 0.6 is 0 Å². The Kier molecular flexibility index (Phi) is 3.32. The Morgan fingerprint density at radius 1 is 1.33 bits per heavy atom. The van der Waals surface area contributed by atoms with E-state index in [0.29, 0.717) is 30.4 Å². The predicted octanol–water partition coefficient (Wildman–Crippen LogP) is 1.09. The number of rotatable bonds is 3. The second-order valence-corrected chi connectivity index (χ2v) is 5.03. The first-order chi connectivity index (χ1) is 10.1. The zero-order valence-corrected chi connectivity index (χ0v) is 12.0. The smallest absolute Gasteiger partial charge is 0.220 e. The molecule has 3 rings (SSSR count). The van der Waals surface area contributed by atoms with Gasteiger partial charge in [-0.15, -0.1) is 0 Å². The fourth-order valence-electron chi connectivity index (χ4n) is 2.76. The van der Waals surface area contributed by atoms with Crippen LogP contribution < -0.4 is 20.5 Å². The fourth-order valence-corrected chi connectivity index (χ4v) is 2.76. The van der Waals surface area contributed by atoms with E-state index in [-0.39, 0.29) is 11.9 Å². The van der Waals surface area contributed by atoms with Crippen molar-refractivity contribution in [2.75, 3.05) is 26.5 Å². The number of imidazole rings is 1. The van der Waals surface area contributed by atoms with Crippen LogP contribution in [0.3, 0.4) is 0 Å². The maximum Gasteiger partial charge on any atom is 0.220 e. The molecule has 0 aliphatic carbocycles. The summed E-state index contributed by atoms with van der Waals surface area (Å²) in [6, 6.07) is 3.78. The average molecular weight is 290 g/mol. The lowest BCUT2D eigenvalue weighted by atomic mass is 10.1. The third-order valence-electron chi connectivity index (χ3n) is 3.83. The highest BCUT2D eigenvalue weighted by Gasteiger charge is 2.24. The molecular weight excluding hydrogens is 272 g/mol. The van der Waals surface area contributed by atoms with E-state index in [2.05, 4.69) is 10.3 Å². The van der Waals surface area contributed by atoms with E-state index >= 15 is 0 Å². The number of benzene rings is 1. The Hall–Kier alpha value is -2.44. The summed E-state index contributed by atoms with van der Waals surface area (Å²) in [6.45, 7) is 0.558. The zero-order valence-electron chi connectivity index (χ0n) is 12.0. The molecule has 1 aromatic heterocycles. The number of nitrogens with two attached hydrogens (primary N) is 1. The number of nitrogen functional groups attached to an aromatic ring is 1. The van der Waals surface area contributed by atoms with Crippen LogP contribution in [0.4, 0.5) is 5.95 Å². The molecule has 3 N–H and O–H groups in total. The van der Waals surface area contributed by atoms with E-state index in [0.717, 1.165) is 17.5 Å². The number of carbonyl (C=O) groups is 1. The SMILES string of the molecule is COc1cc2nc(N)n(C3CCC(=O)NC3)c2cc1OC. The quantitative estimate of drug-likeness (QED) is 0.883. The number of aromatic nitrogens is 2. The van der Waals surface area contributed by atoms with Crippen molar-refractivity contribution in [2.45, 2.75) is 18.9 Å². The summed E-state index contributed by atoms with van der Waals surface area (Å²) in [5, 5.41) is 2.86. The van der Waals surface area contributed by atoms with Crippen LogP contribution in [0.25, 0.3) is 11.0 Å². The van der Waals surface area contributed by atoms with Crippen molar-refractivity contribution in [2.24, 2.45) is 0 Å². The number of nitrogens with one attached hydrogen (secondary N) is 1. The lowest BCUT2D eigenvalue weighted by Crippen LogP contribution is -2.36. The topological polar surface area (TPSA) is 91.4 Å². The van der Waals surface area contributed by atoms with Crippen molar-refractivity contribution in [3.8, 4) is 11.5 Å². The molecule has 1 fully saturated rings. The second-order valence-electron chi connectivity index (χ2n) is 5.03. The molecular formula is C14H18N4O3. The third kappa shape index (κ3) is 2.24. The minimum Gasteiger partial charge on any atom is -0.493 e. The average Bonchev–Trinajstić information content (AvgIpc) is 2.81. The fraction of sp³-hybridized carbons (Fsp3) is 0.429. The summed E-state index contributed by atoms with van der Waals surface area (Å²) in [5.74, 6) is 1.76. The molecule has 1 aliphatic heterocycles. The van der Waals surface area contributed by atoms with Crippen molar-refractivity contribution in [3.63, 3.8) is 0 Å². The van der Waals surface area contributed by atoms with Gasteiger partial charge in [0.1, 0.15) is 0 Å². The van der Waals surface area contributed by atoms with Gasteiger partial charge in [-0.25, -0.2) is 4.98 Å². The lowest BCUT2D eigenvalue weighted by molar-refractivity contribution is -0.122. The first-order valence-corrected chi connectivity index (χ1v) is 6.80. The number of carbonyl (C=O) groups excluding carboxylic acids is 1. The number of piperidine rings is 1. The van der Waals surface area contributed by atoms with E-state index in [1.165, 1.54) is 0 Å². The predicted molar refractivity (Wildman–Crippen MR) is 78.5 cm³/mol. The molecule has 112 valence electrons. The van der Waals surface area contributed by atoms with Gasteiger partial charge in [0.05, 0.1) is 31.3 Å². The number of fused-ring (bicyclic) bond motifs is 1. The molecule has 1 amide bonds. The maximum atomic E-state index is 11.3. The Balaban J connectivity index is 2.09. The van der Waals surface area contributed by atoms with Crippen molar-refractivity contribution in [3.05, 3.63) is 12.1 Å². The largest absolute Gasteiger partial charge is 0.493 e. The molecule has 1 unspecified atom stereocenters. The van der Waals surface area contributed by atoms with E-state index in [4.69, 9.17) is 15.2 Å². The second kappa shape index (κ2) is 5.16. The van der Waals surface area contributed by atoms with Crippen LogP contribution in [0.5, 0.6) is 11.5 Å². The molecule has 7 nitrogen and oxygen atoms in total. The van der Waals surface area contributed by atoms with Crippen LogP contribution in [-0.2, 0) is 4.79 Å². The third-order valence-corrected chi connectivity index (χ3v) is 3.83. The Morgan fingerprint density at radius 3 is 2.67 bits per heavy atom. The van der Waals surface area contributed by atoms with Gasteiger partial charge >= 0.3 is 0 Å². The first-order valence-electron chi connectivity index (χ1n) is 6.80. The van der Waals surface area contributed by atoms with Crippen LogP contribution in [0.2, 0.25) is 0 Å². The minimum atomic E-state index is 0.0773. The van der Waals surface area contributed by atoms with Crippen LogP contribution in [0, 0.1) is 0 Å². The Labute approximate surface area is 122 Å². The lowest BCUT2D eigenvalue weighted by Gasteiger charge is -2.25. The van der Waals surface area contributed by atoms with Crippen molar-refractivity contribution in [1.82, 2.24) is 14.9 Å². The van der Waals surface area contributed by atoms with Gasteiger partial charge in [0.25, 0.3) is 0 Å². The maximum absolute atomic E-state index is 11.3. The number of amides is 1. The highest BCUT2D eigenvalue weighted by Crippen LogP contribution is 2.35. The Morgan fingerprint density at radius 2 is 2.05 bits per heavy atom. The standard InChI is InChI=1S/C14H18N4O3/c1-20-11-5-9-10(6-12(11)21-2)18(14(15)17-9)8-3-4-13(19)16-7-8/h5-6,8H,3-4,7H2,1-2H3,(H2,15,17)(H,16,19). The van der Waals surface area contributed by atoms with E-state index in [1.807, 2.05) is 16.7 Å². The van der Waals surface area contributed by atoms with Crippen molar-refractivity contribution < 1.29 is 14.3 Å². The molecule has 1 aromatic carbocycles. The summed E-state index contributed by atoms with van der Waals surface area (Å²) in [4.78, 5) is 15.7. The molecule has 0 radical (unpaired) electrons. The summed E-state index contributed by atoms with van der Waals surface area (Å²) >= 11 is 0. The molecule has 1 saturated heterocycles. The van der Waals surface area contributed by atoms with E-state index in [1.54, 1.807) is 14.2 Å². The number of hydrogen-bond donors (Lipinski definition) is 2. The summed E-state index contributed by atoms with van der Waals surface area (Å²) in [6.07, 6.45) is 1.24. The van der Waals surface area contributed by atoms with Gasteiger partial charge in [0, 0.05) is 25.1 Å². The zero-order chi connectivity index (χ0) is 15.0. The van der Waals surface area contributed by atoms with Gasteiger partial charge in [0.2, 0.25) is 11.9 Å². The summed E-state index contributed by atoms with van der Waals surface area (Å²) in [5.41, 5.74) is 7.69. The van der Waals surface area contributed by atoms with Crippen LogP contribution in [0.1, 0.15) is 18.9 Å². The first kappa shape index (κ1) is 13.5. The molecule has 0 spiro atoms. The summed E-state index contributed by atoms with van der Waals surface area (Å²) in [7, 11) is 3.18. The van der Waals surface area contributed by atoms with Gasteiger partial charge in [-0.05, 0) is 6.42 Å². The molecule has 21 heavy (non-hydrogen) atoms. The van der Waals surface area contributed by atoms with Gasteiger partial charge in [-0.2, -0.15) is 0 Å². The monoisotopic (exact) mass is 290 g/mol. The molecule has 0 saturated carbocycles. The minimum absolute atomic E-state index is 0.0773. The van der Waals surface area contributed by atoms with Crippen molar-refractivity contribution in [1.29, 1.82) is 0 Å². The van der Waals surface area contributed by atoms with Crippen molar-refractivity contribution >= 4 is 22.9 Å². The number of nitrogens with zero attached hydrogens (tertiary/aromatic N) is 2. The van der Waals surface area contributed by atoms with Crippen LogP contribution in [-0.4, -0.2) is 36.2 Å². The molecule has 2 heterocycles. The Bertz CT molecular complexity index is 685. The normalized spacial score (nSPS) is 18.6. The highest BCUT2D eigenvalue weighted by molar-refractivity contribution is 5.83. The number of methoxy groups -OCH3 is 2. The number of ether oxygens (including phenoxy) is 2. The van der Waals surface area contributed by atoms with E-state index in [9.17, 15) is 4.79 Å². The summed E-state index contributed by atoms with van der Waals surface area (Å²) < 4.78 is 12.6. The van der Waals surface area contributed by atoms with Crippen LogP contribution in [0.15, 0.2) is 12.1 Å². The number of anilines is 1. The van der Waals surface area contributed by atoms with Gasteiger partial charge in [0.15, 0.2) is 11.5 Å². The van der Waals surface area contributed by atoms with Gasteiger partial charge in [-0.1, -0.05) is 0 Å².